The predicted octanol–water partition coefficient (Wildman–Crippen LogP) is 0.714. The zero-order valence-electron chi connectivity index (χ0n) is 7.48. The van der Waals surface area contributed by atoms with Gasteiger partial charge in [0.2, 0.25) is 0 Å². The summed E-state index contributed by atoms with van der Waals surface area (Å²) in [5, 5.41) is 0. The Bertz CT molecular complexity index is 151. The Hall–Kier alpha value is -0.520. The first-order valence-corrected chi connectivity index (χ1v) is 4.02. The van der Waals surface area contributed by atoms with Gasteiger partial charge in [-0.1, -0.05) is 5.92 Å². The van der Waals surface area contributed by atoms with Crippen molar-refractivity contribution < 1.29 is 0 Å². The Balaban J connectivity index is 3.81. The molecule has 0 aliphatic rings. The summed E-state index contributed by atoms with van der Waals surface area (Å²) in [6.45, 7) is 5.54. The lowest BCUT2D eigenvalue weighted by Gasteiger charge is -2.15. The molecule has 0 amide bonds. The second-order valence-electron chi connectivity index (χ2n) is 3.26. The molecule has 11 heavy (non-hydrogen) atoms. The second kappa shape index (κ2) is 5.17. The summed E-state index contributed by atoms with van der Waals surface area (Å²) in [7, 11) is 0. The van der Waals surface area contributed by atoms with Crippen molar-refractivity contribution in [3.63, 3.8) is 0 Å². The minimum atomic E-state index is 0.0594. The van der Waals surface area contributed by atoms with Crippen LogP contribution in [0.3, 0.4) is 0 Å². The fourth-order valence-corrected chi connectivity index (χ4v) is 0.797. The van der Waals surface area contributed by atoms with Crippen LogP contribution in [0.4, 0.5) is 0 Å². The van der Waals surface area contributed by atoms with Crippen LogP contribution < -0.4 is 11.5 Å². The maximum absolute atomic E-state index is 5.43. The second-order valence-corrected chi connectivity index (χ2v) is 3.26. The van der Waals surface area contributed by atoms with Crippen LogP contribution >= 0.6 is 0 Å². The van der Waals surface area contributed by atoms with Crippen LogP contribution in [0.25, 0.3) is 0 Å². The molecular formula is C9H18N2. The summed E-state index contributed by atoms with van der Waals surface area (Å²) in [5.74, 6) is 6.18. The van der Waals surface area contributed by atoms with Gasteiger partial charge in [-0.05, 0) is 26.8 Å². The molecule has 0 radical (unpaired) electrons. The van der Waals surface area contributed by atoms with E-state index >= 15 is 0 Å². The first-order valence-electron chi connectivity index (χ1n) is 4.02. The molecule has 0 aromatic rings. The van der Waals surface area contributed by atoms with Crippen molar-refractivity contribution in [1.82, 2.24) is 0 Å². The summed E-state index contributed by atoms with van der Waals surface area (Å²) < 4.78 is 0. The molecule has 0 spiro atoms. The Labute approximate surface area is 69.3 Å². The van der Waals surface area contributed by atoms with Gasteiger partial charge in [0, 0.05) is 18.4 Å². The quantitative estimate of drug-likeness (QED) is 0.588. The third-order valence-corrected chi connectivity index (χ3v) is 1.47. The highest BCUT2D eigenvalue weighted by molar-refractivity contribution is 5.08. The van der Waals surface area contributed by atoms with E-state index in [2.05, 4.69) is 25.7 Å². The average Bonchev–Trinajstić information content (AvgIpc) is 1.87. The zero-order chi connectivity index (χ0) is 8.74. The third-order valence-electron chi connectivity index (χ3n) is 1.47. The monoisotopic (exact) mass is 154 g/mol. The van der Waals surface area contributed by atoms with E-state index in [0.717, 1.165) is 12.8 Å². The van der Waals surface area contributed by atoms with Gasteiger partial charge in [0.15, 0.2) is 0 Å². The SMILES string of the molecule is CC(C)(C#CCCN)CCN. The maximum atomic E-state index is 5.43. The van der Waals surface area contributed by atoms with Gasteiger partial charge in [0.05, 0.1) is 0 Å². The number of hydrogen-bond donors (Lipinski definition) is 2. The smallest absolute Gasteiger partial charge is 0.0270 e. The largest absolute Gasteiger partial charge is 0.330 e. The summed E-state index contributed by atoms with van der Waals surface area (Å²) in [4.78, 5) is 0. The van der Waals surface area contributed by atoms with Crippen molar-refractivity contribution in [2.45, 2.75) is 26.7 Å². The van der Waals surface area contributed by atoms with Gasteiger partial charge in [0.1, 0.15) is 0 Å². The third kappa shape index (κ3) is 5.90. The van der Waals surface area contributed by atoms with Gasteiger partial charge in [-0.15, -0.1) is 5.92 Å². The van der Waals surface area contributed by atoms with Gasteiger partial charge in [-0.2, -0.15) is 0 Å². The lowest BCUT2D eigenvalue weighted by atomic mass is 9.90. The van der Waals surface area contributed by atoms with Crippen LogP contribution in [0, 0.1) is 17.3 Å². The van der Waals surface area contributed by atoms with Crippen molar-refractivity contribution in [2.75, 3.05) is 13.1 Å². The molecule has 2 heteroatoms. The van der Waals surface area contributed by atoms with Crippen LogP contribution in [0.15, 0.2) is 0 Å². The Morgan fingerprint density at radius 3 is 2.27 bits per heavy atom. The van der Waals surface area contributed by atoms with E-state index in [-0.39, 0.29) is 5.41 Å². The van der Waals surface area contributed by atoms with E-state index in [1.54, 1.807) is 0 Å². The lowest BCUT2D eigenvalue weighted by Crippen LogP contribution is -2.14. The molecule has 0 aromatic carbocycles. The molecule has 0 fully saturated rings. The molecule has 0 aliphatic heterocycles. The topological polar surface area (TPSA) is 52.0 Å². The van der Waals surface area contributed by atoms with Crippen LogP contribution in [-0.2, 0) is 0 Å². The van der Waals surface area contributed by atoms with E-state index in [0.29, 0.717) is 13.1 Å². The fraction of sp³-hybridized carbons (Fsp3) is 0.778. The van der Waals surface area contributed by atoms with E-state index in [4.69, 9.17) is 11.5 Å². The van der Waals surface area contributed by atoms with Crippen LogP contribution in [0.1, 0.15) is 26.7 Å². The minimum absolute atomic E-state index is 0.0594. The highest BCUT2D eigenvalue weighted by Crippen LogP contribution is 2.16. The molecule has 0 heterocycles. The molecule has 0 aliphatic carbocycles. The predicted molar refractivity (Wildman–Crippen MR) is 48.9 cm³/mol. The minimum Gasteiger partial charge on any atom is -0.330 e. The highest BCUT2D eigenvalue weighted by Gasteiger charge is 2.11. The highest BCUT2D eigenvalue weighted by atomic mass is 14.5. The molecule has 0 aromatic heterocycles. The van der Waals surface area contributed by atoms with Gasteiger partial charge < -0.3 is 11.5 Å². The fourth-order valence-electron chi connectivity index (χ4n) is 0.797. The molecule has 4 N–H and O–H groups in total. The first kappa shape index (κ1) is 10.5. The molecule has 2 nitrogen and oxygen atoms in total. The summed E-state index contributed by atoms with van der Waals surface area (Å²) in [5.41, 5.74) is 10.8. The summed E-state index contributed by atoms with van der Waals surface area (Å²) >= 11 is 0. The van der Waals surface area contributed by atoms with Crippen molar-refractivity contribution in [1.29, 1.82) is 0 Å². The standard InChI is InChI=1S/C9H18N2/c1-9(2,6-8-11)5-3-4-7-10/h4,6-8,10-11H2,1-2H3. The van der Waals surface area contributed by atoms with Gasteiger partial charge in [-0.25, -0.2) is 0 Å². The van der Waals surface area contributed by atoms with Crippen molar-refractivity contribution in [3.05, 3.63) is 0 Å². The summed E-state index contributed by atoms with van der Waals surface area (Å²) in [6, 6.07) is 0. The molecule has 0 rings (SSSR count). The zero-order valence-corrected chi connectivity index (χ0v) is 7.48. The Kier molecular flexibility index (Phi) is 4.93. The number of hydrogen-bond acceptors (Lipinski definition) is 2. The van der Waals surface area contributed by atoms with Crippen molar-refractivity contribution in [3.8, 4) is 11.8 Å². The Morgan fingerprint density at radius 1 is 1.18 bits per heavy atom. The first-order chi connectivity index (χ1) is 5.12. The van der Waals surface area contributed by atoms with Gasteiger partial charge in [0.25, 0.3) is 0 Å². The van der Waals surface area contributed by atoms with E-state index in [9.17, 15) is 0 Å². The van der Waals surface area contributed by atoms with Crippen molar-refractivity contribution >= 4 is 0 Å². The Morgan fingerprint density at radius 2 is 1.82 bits per heavy atom. The maximum Gasteiger partial charge on any atom is 0.0270 e. The van der Waals surface area contributed by atoms with Crippen LogP contribution in [0.5, 0.6) is 0 Å². The van der Waals surface area contributed by atoms with Gasteiger partial charge in [-0.3, -0.25) is 0 Å². The molecule has 64 valence electrons. The molecule has 0 saturated carbocycles. The molecule has 0 atom stereocenters. The molecule has 0 unspecified atom stereocenters. The molecule has 0 saturated heterocycles. The van der Waals surface area contributed by atoms with E-state index in [1.165, 1.54) is 0 Å². The molecular weight excluding hydrogens is 136 g/mol. The van der Waals surface area contributed by atoms with E-state index < -0.39 is 0 Å². The number of nitrogens with two attached hydrogens (primary N) is 2. The van der Waals surface area contributed by atoms with Crippen LogP contribution in [-0.4, -0.2) is 13.1 Å². The normalized spacial score (nSPS) is 10.5. The number of rotatable bonds is 3. The van der Waals surface area contributed by atoms with E-state index in [1.807, 2.05) is 0 Å². The molecule has 0 bridgehead atoms. The average molecular weight is 154 g/mol. The summed E-state index contributed by atoms with van der Waals surface area (Å²) in [6.07, 6.45) is 1.73. The van der Waals surface area contributed by atoms with Gasteiger partial charge >= 0.3 is 0 Å². The van der Waals surface area contributed by atoms with Crippen molar-refractivity contribution in [2.24, 2.45) is 16.9 Å². The van der Waals surface area contributed by atoms with Crippen LogP contribution in [0.2, 0.25) is 0 Å². The lowest BCUT2D eigenvalue weighted by molar-refractivity contribution is 0.466.